The van der Waals surface area contributed by atoms with Gasteiger partial charge in [-0.15, -0.1) is 5.10 Å². The van der Waals surface area contributed by atoms with E-state index in [4.69, 9.17) is 17.2 Å². The standard InChI is InChI=1S/C30H37N7OS/c1-5-8-13-27-31-21(4)24(18-19-28(39)36(6-2)7-3)30(38)37(27)20-22-14-16-23(17-15-22)25-11-9-10-12-26(25)29-32-34-35-33-29/h9-12,14-17H,5-8,13,18-20H2,1-4H3,(H,32,33,34,35). The zero-order valence-electron chi connectivity index (χ0n) is 23.3. The van der Waals surface area contributed by atoms with Gasteiger partial charge in [-0.3, -0.25) is 9.36 Å². The lowest BCUT2D eigenvalue weighted by Gasteiger charge is -2.22. The van der Waals surface area contributed by atoms with E-state index >= 15 is 0 Å². The third-order valence-electron chi connectivity index (χ3n) is 7.14. The van der Waals surface area contributed by atoms with Gasteiger partial charge in [-0.1, -0.05) is 74.1 Å². The maximum atomic E-state index is 13.8. The van der Waals surface area contributed by atoms with Crippen LogP contribution >= 0.6 is 12.2 Å². The van der Waals surface area contributed by atoms with Gasteiger partial charge in [0.05, 0.1) is 11.5 Å². The van der Waals surface area contributed by atoms with Crippen LogP contribution in [0.15, 0.2) is 53.3 Å². The smallest absolute Gasteiger partial charge is 0.257 e. The van der Waals surface area contributed by atoms with Crippen molar-refractivity contribution in [2.75, 3.05) is 13.1 Å². The second kappa shape index (κ2) is 13.4. The number of unbranched alkanes of at least 4 members (excludes halogenated alkanes) is 1. The Bertz CT molecular complexity index is 1440. The zero-order valence-corrected chi connectivity index (χ0v) is 24.1. The molecule has 0 aliphatic heterocycles. The first-order valence-corrected chi connectivity index (χ1v) is 14.2. The van der Waals surface area contributed by atoms with Crippen LogP contribution in [0.3, 0.4) is 0 Å². The van der Waals surface area contributed by atoms with Gasteiger partial charge in [0.1, 0.15) is 5.82 Å². The van der Waals surface area contributed by atoms with Crippen molar-refractivity contribution in [3.8, 4) is 22.5 Å². The maximum Gasteiger partial charge on any atom is 0.257 e. The molecule has 4 aromatic rings. The third-order valence-corrected chi connectivity index (χ3v) is 7.60. The molecular formula is C30H37N7OS. The summed E-state index contributed by atoms with van der Waals surface area (Å²) in [7, 11) is 0. The number of nitrogens with zero attached hydrogens (tertiary/aromatic N) is 6. The maximum absolute atomic E-state index is 13.8. The Morgan fingerprint density at radius 2 is 1.72 bits per heavy atom. The Kier molecular flexibility index (Phi) is 9.70. The fourth-order valence-electron chi connectivity index (χ4n) is 4.89. The second-order valence-corrected chi connectivity index (χ2v) is 10.1. The molecule has 1 N–H and O–H groups in total. The lowest BCUT2D eigenvalue weighted by molar-refractivity contribution is 0.463. The average Bonchev–Trinajstić information content (AvgIpc) is 3.49. The summed E-state index contributed by atoms with van der Waals surface area (Å²) >= 11 is 5.65. The average molecular weight is 544 g/mol. The Labute approximate surface area is 235 Å². The minimum Gasteiger partial charge on any atom is -0.367 e. The number of tetrazole rings is 1. The molecule has 0 spiro atoms. The molecule has 0 saturated heterocycles. The van der Waals surface area contributed by atoms with E-state index in [-0.39, 0.29) is 5.56 Å². The Morgan fingerprint density at radius 1 is 1.00 bits per heavy atom. The molecule has 39 heavy (non-hydrogen) atoms. The predicted octanol–water partition coefficient (Wildman–Crippen LogP) is 5.39. The summed E-state index contributed by atoms with van der Waals surface area (Å²) in [4.78, 5) is 21.8. The normalized spacial score (nSPS) is 11.1. The van der Waals surface area contributed by atoms with Gasteiger partial charge in [-0.25, -0.2) is 10.1 Å². The molecule has 0 amide bonds. The minimum atomic E-state index is 0.0446. The van der Waals surface area contributed by atoms with Gasteiger partial charge in [-0.2, -0.15) is 0 Å². The minimum absolute atomic E-state index is 0.0446. The number of thiocarbonyl (C=S) groups is 1. The number of H-pyrrole nitrogens is 1. The quantitative estimate of drug-likeness (QED) is 0.240. The highest BCUT2D eigenvalue weighted by Crippen LogP contribution is 2.29. The lowest BCUT2D eigenvalue weighted by Crippen LogP contribution is -2.32. The first-order valence-electron chi connectivity index (χ1n) is 13.8. The molecule has 0 aliphatic rings. The molecule has 2 aromatic carbocycles. The fourth-order valence-corrected chi connectivity index (χ4v) is 5.25. The van der Waals surface area contributed by atoms with Crippen LogP contribution in [0.2, 0.25) is 0 Å². The fraction of sp³-hybridized carbons (Fsp3) is 0.400. The van der Waals surface area contributed by atoms with Crippen LogP contribution in [-0.2, 0) is 19.4 Å². The van der Waals surface area contributed by atoms with Gasteiger partial charge in [0.15, 0.2) is 5.82 Å². The van der Waals surface area contributed by atoms with Crippen molar-refractivity contribution in [1.82, 2.24) is 35.1 Å². The van der Waals surface area contributed by atoms with E-state index in [9.17, 15) is 4.79 Å². The largest absolute Gasteiger partial charge is 0.367 e. The SMILES string of the molecule is CCCCc1nc(C)c(CCC(=S)N(CC)CC)c(=O)n1Cc1ccc(-c2ccccc2-c2nnn[nH]2)cc1. The van der Waals surface area contributed by atoms with Crippen LogP contribution in [0.1, 0.15) is 62.7 Å². The Morgan fingerprint density at radius 3 is 2.36 bits per heavy atom. The lowest BCUT2D eigenvalue weighted by atomic mass is 9.98. The van der Waals surface area contributed by atoms with Crippen molar-refractivity contribution in [3.63, 3.8) is 0 Å². The molecule has 0 saturated carbocycles. The van der Waals surface area contributed by atoms with Crippen LogP contribution in [0.5, 0.6) is 0 Å². The first kappa shape index (κ1) is 28.3. The van der Waals surface area contributed by atoms with Crippen LogP contribution in [0.4, 0.5) is 0 Å². The van der Waals surface area contributed by atoms with Gasteiger partial charge in [0.2, 0.25) is 0 Å². The van der Waals surface area contributed by atoms with Gasteiger partial charge in [-0.05, 0) is 60.7 Å². The number of aromatic amines is 1. The van der Waals surface area contributed by atoms with Gasteiger partial charge in [0, 0.05) is 42.8 Å². The van der Waals surface area contributed by atoms with E-state index in [0.717, 1.165) is 76.7 Å². The summed E-state index contributed by atoms with van der Waals surface area (Å²) in [5, 5.41) is 14.4. The summed E-state index contributed by atoms with van der Waals surface area (Å²) in [6.45, 7) is 10.6. The molecule has 2 heterocycles. The summed E-state index contributed by atoms with van der Waals surface area (Å²) in [5.41, 5.74) is 5.69. The number of aryl methyl sites for hydroxylation is 2. The monoisotopic (exact) mass is 543 g/mol. The first-order chi connectivity index (χ1) is 19.0. The van der Waals surface area contributed by atoms with E-state index in [1.165, 1.54) is 0 Å². The van der Waals surface area contributed by atoms with Gasteiger partial charge in [0.25, 0.3) is 5.56 Å². The van der Waals surface area contributed by atoms with E-state index in [0.29, 0.717) is 25.2 Å². The van der Waals surface area contributed by atoms with Crippen molar-refractivity contribution >= 4 is 17.2 Å². The highest BCUT2D eigenvalue weighted by molar-refractivity contribution is 7.80. The van der Waals surface area contributed by atoms with Gasteiger partial charge < -0.3 is 4.90 Å². The van der Waals surface area contributed by atoms with E-state index in [1.54, 1.807) is 0 Å². The Balaban J connectivity index is 1.62. The molecule has 204 valence electrons. The summed E-state index contributed by atoms with van der Waals surface area (Å²) in [6, 6.07) is 16.3. The summed E-state index contributed by atoms with van der Waals surface area (Å²) < 4.78 is 1.86. The van der Waals surface area contributed by atoms with Crippen LogP contribution < -0.4 is 5.56 Å². The molecule has 2 aromatic heterocycles. The summed E-state index contributed by atoms with van der Waals surface area (Å²) in [5.74, 6) is 1.47. The van der Waals surface area contributed by atoms with Crippen molar-refractivity contribution in [2.24, 2.45) is 0 Å². The molecule has 0 atom stereocenters. The van der Waals surface area contributed by atoms with Crippen molar-refractivity contribution < 1.29 is 0 Å². The molecule has 8 nitrogen and oxygen atoms in total. The molecule has 0 radical (unpaired) electrons. The number of benzene rings is 2. The Hall–Kier alpha value is -3.72. The number of hydrogen-bond donors (Lipinski definition) is 1. The zero-order chi connectivity index (χ0) is 27.8. The van der Waals surface area contributed by atoms with Gasteiger partial charge >= 0.3 is 0 Å². The van der Waals surface area contributed by atoms with E-state index < -0.39 is 0 Å². The van der Waals surface area contributed by atoms with Crippen LogP contribution in [0.25, 0.3) is 22.5 Å². The molecule has 0 aliphatic carbocycles. The third kappa shape index (κ3) is 6.65. The summed E-state index contributed by atoms with van der Waals surface area (Å²) in [6.07, 6.45) is 4.10. The second-order valence-electron chi connectivity index (χ2n) is 9.65. The molecule has 0 bridgehead atoms. The van der Waals surface area contributed by atoms with E-state index in [2.05, 4.69) is 76.6 Å². The van der Waals surface area contributed by atoms with Crippen LogP contribution in [-0.4, -0.2) is 53.2 Å². The number of rotatable bonds is 12. The van der Waals surface area contributed by atoms with E-state index in [1.807, 2.05) is 29.7 Å². The highest BCUT2D eigenvalue weighted by atomic mass is 32.1. The molecule has 9 heteroatoms. The predicted molar refractivity (Wildman–Crippen MR) is 160 cm³/mol. The number of hydrogen-bond acceptors (Lipinski definition) is 6. The molecule has 4 rings (SSSR count). The molecule has 0 fully saturated rings. The number of nitrogens with one attached hydrogen (secondary N) is 1. The number of aromatic nitrogens is 6. The van der Waals surface area contributed by atoms with Crippen LogP contribution in [0, 0.1) is 6.92 Å². The molecule has 0 unspecified atom stereocenters. The van der Waals surface area contributed by atoms with Crippen molar-refractivity contribution in [3.05, 3.63) is 81.5 Å². The van der Waals surface area contributed by atoms with Crippen molar-refractivity contribution in [2.45, 2.75) is 66.3 Å². The highest BCUT2D eigenvalue weighted by Gasteiger charge is 2.17. The van der Waals surface area contributed by atoms with Crippen molar-refractivity contribution in [1.29, 1.82) is 0 Å². The topological polar surface area (TPSA) is 92.6 Å². The molecular weight excluding hydrogens is 506 g/mol.